The zero-order chi connectivity index (χ0) is 18.0. The van der Waals surface area contributed by atoms with Gasteiger partial charge in [0.1, 0.15) is 5.82 Å². The molecule has 2 aromatic carbocycles. The molecule has 0 saturated carbocycles. The Balaban J connectivity index is 2.39. The van der Waals surface area contributed by atoms with Crippen LogP contribution in [-0.4, -0.2) is 11.1 Å². The van der Waals surface area contributed by atoms with Gasteiger partial charge in [-0.05, 0) is 35.3 Å². The van der Waals surface area contributed by atoms with Crippen LogP contribution in [0.3, 0.4) is 0 Å². The summed E-state index contributed by atoms with van der Waals surface area (Å²) in [6, 6.07) is 4.48. The maximum Gasteiger partial charge on any atom is 0.385 e. The lowest BCUT2D eigenvalue weighted by atomic mass is 10.3. The minimum atomic E-state index is -1.19. The van der Waals surface area contributed by atoms with Gasteiger partial charge in [-0.1, -0.05) is 46.4 Å². The van der Waals surface area contributed by atoms with Gasteiger partial charge in [-0.25, -0.2) is 19.3 Å². The van der Waals surface area contributed by atoms with E-state index in [-0.39, 0.29) is 36.5 Å². The Bertz CT molecular complexity index is 811. The SMILES string of the molecule is O=C(Nc1ccc(F)c(Cl)c1)N(c1c(Cl)cc(Cl)cc1Cl)[N+](=O)[O-]. The van der Waals surface area contributed by atoms with Crippen LogP contribution in [-0.2, 0) is 0 Å². The van der Waals surface area contributed by atoms with Gasteiger partial charge in [-0.3, -0.25) is 0 Å². The van der Waals surface area contributed by atoms with Crippen LogP contribution in [0.5, 0.6) is 0 Å². The molecule has 6 nitrogen and oxygen atoms in total. The van der Waals surface area contributed by atoms with Crippen molar-refractivity contribution in [2.75, 3.05) is 10.3 Å². The summed E-state index contributed by atoms with van der Waals surface area (Å²) in [7, 11) is 0. The van der Waals surface area contributed by atoms with E-state index in [9.17, 15) is 19.3 Å². The monoisotopic (exact) mass is 411 g/mol. The number of benzene rings is 2. The topological polar surface area (TPSA) is 75.5 Å². The second-order valence-corrected chi connectivity index (χ2v) is 5.98. The average molecular weight is 413 g/mol. The van der Waals surface area contributed by atoms with E-state index in [0.717, 1.165) is 12.1 Å². The van der Waals surface area contributed by atoms with E-state index >= 15 is 0 Å². The van der Waals surface area contributed by atoms with E-state index in [0.29, 0.717) is 0 Å². The highest BCUT2D eigenvalue weighted by Crippen LogP contribution is 2.37. The van der Waals surface area contributed by atoms with Crippen LogP contribution >= 0.6 is 46.4 Å². The number of hydrogen-bond donors (Lipinski definition) is 1. The molecule has 2 rings (SSSR count). The van der Waals surface area contributed by atoms with Crippen molar-refractivity contribution in [3.05, 3.63) is 66.4 Å². The maximum atomic E-state index is 13.1. The first kappa shape index (κ1) is 18.5. The van der Waals surface area contributed by atoms with E-state index in [1.807, 2.05) is 0 Å². The Kier molecular flexibility index (Phi) is 5.71. The Labute approximate surface area is 154 Å². The van der Waals surface area contributed by atoms with Crippen molar-refractivity contribution < 1.29 is 14.2 Å². The lowest BCUT2D eigenvalue weighted by Gasteiger charge is -2.16. The number of carbonyl (C=O) groups is 1. The Morgan fingerprint density at radius 3 is 2.17 bits per heavy atom. The number of nitrogens with one attached hydrogen (secondary N) is 1. The largest absolute Gasteiger partial charge is 0.385 e. The second-order valence-electron chi connectivity index (χ2n) is 4.33. The van der Waals surface area contributed by atoms with Gasteiger partial charge >= 0.3 is 6.03 Å². The van der Waals surface area contributed by atoms with Gasteiger partial charge < -0.3 is 5.32 Å². The van der Waals surface area contributed by atoms with E-state index in [1.165, 1.54) is 18.2 Å². The fourth-order valence-corrected chi connectivity index (χ4v) is 2.90. The summed E-state index contributed by atoms with van der Waals surface area (Å²) >= 11 is 23.1. The van der Waals surface area contributed by atoms with E-state index < -0.39 is 16.9 Å². The van der Waals surface area contributed by atoms with Gasteiger partial charge in [0.05, 0.1) is 15.1 Å². The predicted octanol–water partition coefficient (Wildman–Crippen LogP) is 5.67. The van der Waals surface area contributed by atoms with Gasteiger partial charge in [-0.15, -0.1) is 0 Å². The molecule has 0 aliphatic carbocycles. The number of halogens is 5. The molecule has 2 amide bonds. The number of rotatable bonds is 3. The van der Waals surface area contributed by atoms with Crippen molar-refractivity contribution in [3.8, 4) is 0 Å². The summed E-state index contributed by atoms with van der Waals surface area (Å²) in [5.41, 5.74) is -0.321. The van der Waals surface area contributed by atoms with Crippen molar-refractivity contribution in [1.82, 2.24) is 0 Å². The standard InChI is InChI=1S/C13H6Cl4FN3O3/c14-6-3-9(16)12(10(17)4-6)20(21(23)24)13(22)19-7-1-2-11(18)8(15)5-7/h1-5H,(H,19,22). The molecule has 126 valence electrons. The van der Waals surface area contributed by atoms with Crippen molar-refractivity contribution in [1.29, 1.82) is 0 Å². The molecule has 24 heavy (non-hydrogen) atoms. The third kappa shape index (κ3) is 3.99. The minimum absolute atomic E-state index is 0.0412. The van der Waals surface area contributed by atoms with Crippen LogP contribution in [0.2, 0.25) is 20.1 Å². The molecule has 0 saturated heterocycles. The molecule has 0 radical (unpaired) electrons. The fourth-order valence-electron chi connectivity index (χ4n) is 1.74. The maximum absolute atomic E-state index is 13.1. The van der Waals surface area contributed by atoms with E-state index in [4.69, 9.17) is 46.4 Å². The van der Waals surface area contributed by atoms with Crippen molar-refractivity contribution in [2.24, 2.45) is 0 Å². The molecule has 2 aromatic rings. The van der Waals surface area contributed by atoms with Gasteiger partial charge in [0, 0.05) is 10.7 Å². The summed E-state index contributed by atoms with van der Waals surface area (Å²) in [5.74, 6) is -0.704. The normalized spacial score (nSPS) is 10.4. The second kappa shape index (κ2) is 7.40. The first-order valence-corrected chi connectivity index (χ1v) is 7.57. The Hall–Kier alpha value is -1.80. The smallest absolute Gasteiger partial charge is 0.303 e. The number of carbonyl (C=O) groups excluding carboxylic acids is 1. The Morgan fingerprint density at radius 1 is 1.08 bits per heavy atom. The number of anilines is 2. The van der Waals surface area contributed by atoms with Crippen LogP contribution in [0, 0.1) is 15.9 Å². The van der Waals surface area contributed by atoms with Crippen LogP contribution in [0.4, 0.5) is 20.6 Å². The first-order chi connectivity index (χ1) is 11.2. The molecule has 0 fully saturated rings. The number of hydrogen-bond acceptors (Lipinski definition) is 3. The van der Waals surface area contributed by atoms with E-state index in [2.05, 4.69) is 5.32 Å². The quantitative estimate of drug-likeness (QED) is 0.521. The number of amides is 2. The molecule has 0 aromatic heterocycles. The highest BCUT2D eigenvalue weighted by molar-refractivity contribution is 6.42. The molecule has 0 heterocycles. The summed E-state index contributed by atoms with van der Waals surface area (Å²) in [5, 5.41) is 12.1. The summed E-state index contributed by atoms with van der Waals surface area (Å²) in [4.78, 5) is 23.5. The lowest BCUT2D eigenvalue weighted by molar-refractivity contribution is -0.481. The molecule has 0 aliphatic rings. The number of nitrogens with zero attached hydrogens (tertiary/aromatic N) is 2. The van der Waals surface area contributed by atoms with E-state index in [1.54, 1.807) is 0 Å². The average Bonchev–Trinajstić information content (AvgIpc) is 2.46. The predicted molar refractivity (Wildman–Crippen MR) is 91.4 cm³/mol. The van der Waals surface area contributed by atoms with Gasteiger partial charge in [0.15, 0.2) is 10.7 Å². The first-order valence-electron chi connectivity index (χ1n) is 6.05. The molecule has 11 heteroatoms. The Morgan fingerprint density at radius 2 is 1.67 bits per heavy atom. The zero-order valence-corrected chi connectivity index (χ0v) is 14.4. The van der Waals surface area contributed by atoms with Gasteiger partial charge in [0.25, 0.3) is 0 Å². The third-order valence-electron chi connectivity index (χ3n) is 2.72. The van der Waals surface area contributed by atoms with Gasteiger partial charge in [0.2, 0.25) is 0 Å². The molecule has 1 N–H and O–H groups in total. The lowest BCUT2D eigenvalue weighted by Crippen LogP contribution is -2.40. The van der Waals surface area contributed by atoms with Crippen molar-refractivity contribution in [2.45, 2.75) is 0 Å². The molecule has 0 atom stereocenters. The van der Waals surface area contributed by atoms with Crippen LogP contribution in [0.15, 0.2) is 30.3 Å². The molecule has 0 unspecified atom stereocenters. The third-order valence-corrected chi connectivity index (χ3v) is 3.80. The molecular formula is C13H6Cl4FN3O3. The number of nitro groups is 1. The van der Waals surface area contributed by atoms with Crippen LogP contribution in [0.1, 0.15) is 0 Å². The van der Waals surface area contributed by atoms with Gasteiger partial charge in [-0.2, -0.15) is 0 Å². The molecule has 0 bridgehead atoms. The summed E-state index contributed by atoms with van der Waals surface area (Å²) < 4.78 is 13.1. The number of hydrazine groups is 1. The van der Waals surface area contributed by atoms with Crippen molar-refractivity contribution in [3.63, 3.8) is 0 Å². The van der Waals surface area contributed by atoms with Crippen LogP contribution in [0.25, 0.3) is 0 Å². The summed E-state index contributed by atoms with van der Waals surface area (Å²) in [6.45, 7) is 0. The highest BCUT2D eigenvalue weighted by atomic mass is 35.5. The molecular weight excluding hydrogens is 407 g/mol. The minimum Gasteiger partial charge on any atom is -0.303 e. The number of urea groups is 1. The zero-order valence-electron chi connectivity index (χ0n) is 11.4. The molecule has 0 aliphatic heterocycles. The fraction of sp³-hybridized carbons (Fsp3) is 0. The summed E-state index contributed by atoms with van der Waals surface area (Å²) in [6.07, 6.45) is 0. The van der Waals surface area contributed by atoms with Crippen molar-refractivity contribution >= 4 is 63.8 Å². The van der Waals surface area contributed by atoms with Crippen LogP contribution < -0.4 is 10.3 Å². The molecule has 0 spiro atoms. The highest BCUT2D eigenvalue weighted by Gasteiger charge is 2.32.